The number of ketones is 1. The van der Waals surface area contributed by atoms with Gasteiger partial charge in [0.1, 0.15) is 24.7 Å². The Morgan fingerprint density at radius 3 is 2.50 bits per heavy atom. The first-order valence-corrected chi connectivity index (χ1v) is 11.5. The average molecular weight is 462 g/mol. The molecule has 6 heteroatoms. The largest absolute Gasteiger partial charge is 0.497 e. The fraction of sp³-hybridized carbons (Fsp3) is 0.357. The maximum Gasteiger partial charge on any atom is 0.336 e. The van der Waals surface area contributed by atoms with Crippen molar-refractivity contribution in [3.05, 3.63) is 82.7 Å². The number of dihydropyridines is 1. The quantitative estimate of drug-likeness (QED) is 0.466. The molecule has 0 saturated heterocycles. The van der Waals surface area contributed by atoms with Gasteiger partial charge in [0.2, 0.25) is 0 Å². The van der Waals surface area contributed by atoms with Gasteiger partial charge in [-0.25, -0.2) is 4.79 Å². The smallest absolute Gasteiger partial charge is 0.336 e. The van der Waals surface area contributed by atoms with Gasteiger partial charge in [-0.3, -0.25) is 4.79 Å². The van der Waals surface area contributed by atoms with E-state index < -0.39 is 11.9 Å². The molecule has 0 fully saturated rings. The second-order valence-electron chi connectivity index (χ2n) is 9.50. The van der Waals surface area contributed by atoms with Crippen molar-refractivity contribution in [1.29, 1.82) is 0 Å². The summed E-state index contributed by atoms with van der Waals surface area (Å²) < 4.78 is 16.7. The summed E-state index contributed by atoms with van der Waals surface area (Å²) in [7, 11) is 1.60. The summed E-state index contributed by atoms with van der Waals surface area (Å²) in [4.78, 5) is 26.7. The summed E-state index contributed by atoms with van der Waals surface area (Å²) in [5.41, 5.74) is 3.36. The topological polar surface area (TPSA) is 73.9 Å². The molecule has 34 heavy (non-hydrogen) atoms. The Labute approximate surface area is 200 Å². The van der Waals surface area contributed by atoms with E-state index in [4.69, 9.17) is 14.2 Å². The number of ether oxygens (including phenoxy) is 3. The molecule has 2 aliphatic rings. The molecule has 1 unspecified atom stereocenters. The molecule has 0 spiro atoms. The van der Waals surface area contributed by atoms with Crippen LogP contribution in [0.2, 0.25) is 0 Å². The van der Waals surface area contributed by atoms with Crippen molar-refractivity contribution in [3.63, 3.8) is 0 Å². The number of allylic oxidation sites excluding steroid dienone is 3. The van der Waals surface area contributed by atoms with E-state index in [1.165, 1.54) is 0 Å². The maximum atomic E-state index is 13.4. The van der Waals surface area contributed by atoms with Gasteiger partial charge in [0.25, 0.3) is 0 Å². The molecule has 1 aliphatic carbocycles. The Hall–Kier alpha value is -3.54. The highest BCUT2D eigenvalue weighted by Gasteiger charge is 2.43. The van der Waals surface area contributed by atoms with Crippen molar-refractivity contribution in [3.8, 4) is 11.5 Å². The molecule has 1 atom stereocenters. The number of Topliss-reactive ketones (excluding diaryl/α,β-unsaturated/α-hetero) is 1. The lowest BCUT2D eigenvalue weighted by molar-refractivity contribution is -0.140. The van der Waals surface area contributed by atoms with E-state index in [1.807, 2.05) is 61.5 Å². The zero-order chi connectivity index (χ0) is 24.3. The minimum absolute atomic E-state index is 0.0526. The summed E-state index contributed by atoms with van der Waals surface area (Å²) in [6.07, 6.45) is 1.17. The number of hydrogen-bond acceptors (Lipinski definition) is 6. The van der Waals surface area contributed by atoms with Crippen molar-refractivity contribution in [2.45, 2.75) is 39.5 Å². The molecule has 2 aromatic carbocycles. The number of hydrogen-bond donors (Lipinski definition) is 1. The zero-order valence-electron chi connectivity index (χ0n) is 20.1. The molecule has 0 amide bonds. The van der Waals surface area contributed by atoms with Crippen LogP contribution in [0.4, 0.5) is 0 Å². The molecule has 1 aliphatic heterocycles. The predicted molar refractivity (Wildman–Crippen MR) is 130 cm³/mol. The highest BCUT2D eigenvalue weighted by atomic mass is 16.6. The van der Waals surface area contributed by atoms with Crippen LogP contribution in [0.15, 0.2) is 77.1 Å². The molecule has 4 rings (SSSR count). The first-order valence-electron chi connectivity index (χ1n) is 11.5. The highest BCUT2D eigenvalue weighted by molar-refractivity contribution is 6.04. The van der Waals surface area contributed by atoms with Crippen molar-refractivity contribution < 1.29 is 23.8 Å². The van der Waals surface area contributed by atoms with Crippen LogP contribution in [0.1, 0.15) is 45.1 Å². The van der Waals surface area contributed by atoms with E-state index in [2.05, 4.69) is 19.2 Å². The standard InChI is InChI=1S/C28H31NO5/c1-18-24(27(31)34-14-13-33-20-10-6-5-7-11-20)25(19-9-8-12-21(15-19)32-4)26-22(29-18)16-28(2,3)17-23(26)30/h5-12,15,25,29H,13-14,16-17H2,1-4H3. The van der Waals surface area contributed by atoms with E-state index in [1.54, 1.807) is 7.11 Å². The van der Waals surface area contributed by atoms with Crippen LogP contribution >= 0.6 is 0 Å². The van der Waals surface area contributed by atoms with Crippen LogP contribution in [0.3, 0.4) is 0 Å². The van der Waals surface area contributed by atoms with Crippen LogP contribution in [-0.2, 0) is 14.3 Å². The Balaban J connectivity index is 1.62. The Bertz CT molecular complexity index is 1150. The number of para-hydroxylation sites is 1. The third kappa shape index (κ3) is 5.01. The molecule has 178 valence electrons. The summed E-state index contributed by atoms with van der Waals surface area (Å²) in [6, 6.07) is 16.9. The molecule has 0 radical (unpaired) electrons. The van der Waals surface area contributed by atoms with Crippen LogP contribution < -0.4 is 14.8 Å². The van der Waals surface area contributed by atoms with Gasteiger partial charge in [-0.2, -0.15) is 0 Å². The SMILES string of the molecule is COc1cccc(C2C(C(=O)OCCOc3ccccc3)=C(C)NC3=C2C(=O)CC(C)(C)C3)c1. The minimum Gasteiger partial charge on any atom is -0.497 e. The summed E-state index contributed by atoms with van der Waals surface area (Å²) in [6.45, 7) is 6.38. The first-order chi connectivity index (χ1) is 16.3. The summed E-state index contributed by atoms with van der Waals surface area (Å²) in [5.74, 6) is 0.462. The number of carbonyl (C=O) groups is 2. The molecule has 6 nitrogen and oxygen atoms in total. The second-order valence-corrected chi connectivity index (χ2v) is 9.50. The van der Waals surface area contributed by atoms with Crippen LogP contribution in [0.25, 0.3) is 0 Å². The zero-order valence-corrected chi connectivity index (χ0v) is 20.1. The first kappa shape index (κ1) is 23.6. The van der Waals surface area contributed by atoms with Gasteiger partial charge in [0, 0.05) is 29.3 Å². The van der Waals surface area contributed by atoms with Gasteiger partial charge in [-0.05, 0) is 48.6 Å². The van der Waals surface area contributed by atoms with E-state index in [-0.39, 0.29) is 24.4 Å². The minimum atomic E-state index is -0.516. The fourth-order valence-corrected chi connectivity index (χ4v) is 4.75. The second kappa shape index (κ2) is 9.75. The highest BCUT2D eigenvalue weighted by Crippen LogP contribution is 2.47. The van der Waals surface area contributed by atoms with Crippen molar-refractivity contribution >= 4 is 11.8 Å². The Kier molecular flexibility index (Phi) is 6.77. The van der Waals surface area contributed by atoms with Crippen molar-refractivity contribution in [2.24, 2.45) is 5.41 Å². The van der Waals surface area contributed by atoms with E-state index in [0.717, 1.165) is 17.7 Å². The molecule has 0 aromatic heterocycles. The maximum absolute atomic E-state index is 13.4. The summed E-state index contributed by atoms with van der Waals surface area (Å²) in [5, 5.41) is 3.35. The normalized spacial score (nSPS) is 19.3. The number of carbonyl (C=O) groups excluding carboxylic acids is 2. The Morgan fingerprint density at radius 2 is 1.76 bits per heavy atom. The van der Waals surface area contributed by atoms with Gasteiger partial charge >= 0.3 is 5.97 Å². The third-order valence-electron chi connectivity index (χ3n) is 6.22. The number of nitrogens with one attached hydrogen (secondary N) is 1. The van der Waals surface area contributed by atoms with E-state index in [9.17, 15) is 9.59 Å². The lowest BCUT2D eigenvalue weighted by Gasteiger charge is -2.39. The predicted octanol–water partition coefficient (Wildman–Crippen LogP) is 4.92. The average Bonchev–Trinajstić information content (AvgIpc) is 2.80. The van der Waals surface area contributed by atoms with Crippen LogP contribution in [0.5, 0.6) is 11.5 Å². The lowest BCUT2D eigenvalue weighted by atomic mass is 9.68. The number of methoxy groups -OCH3 is 1. The van der Waals surface area contributed by atoms with Gasteiger partial charge in [-0.15, -0.1) is 0 Å². The lowest BCUT2D eigenvalue weighted by Crippen LogP contribution is -2.38. The van der Waals surface area contributed by atoms with Crippen molar-refractivity contribution in [1.82, 2.24) is 5.32 Å². The van der Waals surface area contributed by atoms with Crippen molar-refractivity contribution in [2.75, 3.05) is 20.3 Å². The summed E-state index contributed by atoms with van der Waals surface area (Å²) >= 11 is 0. The number of esters is 1. The Morgan fingerprint density at radius 1 is 1.03 bits per heavy atom. The van der Waals surface area contributed by atoms with Gasteiger partial charge in [0.05, 0.1) is 12.7 Å². The van der Waals surface area contributed by atoms with Crippen LogP contribution in [0, 0.1) is 5.41 Å². The van der Waals surface area contributed by atoms with Crippen LogP contribution in [-0.4, -0.2) is 32.1 Å². The molecule has 1 N–H and O–H groups in total. The van der Waals surface area contributed by atoms with E-state index in [0.29, 0.717) is 34.8 Å². The molecular weight excluding hydrogens is 430 g/mol. The molecule has 2 aromatic rings. The van der Waals surface area contributed by atoms with E-state index >= 15 is 0 Å². The van der Waals surface area contributed by atoms with Gasteiger partial charge in [-0.1, -0.05) is 44.2 Å². The third-order valence-corrected chi connectivity index (χ3v) is 6.22. The van der Waals surface area contributed by atoms with Gasteiger partial charge in [0.15, 0.2) is 5.78 Å². The van der Waals surface area contributed by atoms with Gasteiger partial charge < -0.3 is 19.5 Å². The monoisotopic (exact) mass is 461 g/mol. The molecule has 1 heterocycles. The number of rotatable bonds is 7. The number of benzene rings is 2. The molecule has 0 bridgehead atoms. The fourth-order valence-electron chi connectivity index (χ4n) is 4.75. The molecular formula is C28H31NO5. The molecule has 0 saturated carbocycles.